The van der Waals surface area contributed by atoms with Crippen LogP contribution >= 0.6 is 0 Å². The van der Waals surface area contributed by atoms with E-state index in [4.69, 9.17) is 0 Å². The van der Waals surface area contributed by atoms with Gasteiger partial charge >= 0.3 is 5.69 Å². The van der Waals surface area contributed by atoms with Gasteiger partial charge in [0.15, 0.2) is 5.65 Å². The molecule has 0 bridgehead atoms. The summed E-state index contributed by atoms with van der Waals surface area (Å²) in [6.45, 7) is 9.80. The third-order valence-corrected chi connectivity index (χ3v) is 6.92. The smallest absolute Gasteiger partial charge is 0.355 e. The van der Waals surface area contributed by atoms with Crippen LogP contribution in [-0.2, 0) is 4.79 Å². The molecule has 0 radical (unpaired) electrons. The predicted octanol–water partition coefficient (Wildman–Crippen LogP) is 3.67. The average Bonchev–Trinajstić information content (AvgIpc) is 2.88. The summed E-state index contributed by atoms with van der Waals surface area (Å²) in [5, 5.41) is 10.3. The van der Waals surface area contributed by atoms with Crippen molar-refractivity contribution in [2.75, 3.05) is 24.5 Å². The maximum absolute atomic E-state index is 16.1. The Bertz CT molecular complexity index is 1660. The third-order valence-electron chi connectivity index (χ3n) is 6.92. The molecule has 0 saturated carbocycles. The zero-order valence-corrected chi connectivity index (χ0v) is 21.7. The zero-order valence-electron chi connectivity index (χ0n) is 21.7. The van der Waals surface area contributed by atoms with E-state index in [9.17, 15) is 19.1 Å². The molecule has 1 N–H and O–H groups in total. The number of phenolic OH excluding ortho intramolecular Hbond substituents is 1. The van der Waals surface area contributed by atoms with Crippen LogP contribution in [0.2, 0.25) is 0 Å². The molecular formula is C28H26F2N6O3. The summed E-state index contributed by atoms with van der Waals surface area (Å²) in [6.07, 6.45) is 4.37. The summed E-state index contributed by atoms with van der Waals surface area (Å²) in [4.78, 5) is 42.2. The van der Waals surface area contributed by atoms with Crippen LogP contribution in [0.25, 0.3) is 28.0 Å². The van der Waals surface area contributed by atoms with Crippen molar-refractivity contribution in [1.82, 2.24) is 24.4 Å². The van der Waals surface area contributed by atoms with Gasteiger partial charge < -0.3 is 14.9 Å². The largest absolute Gasteiger partial charge is 0.507 e. The van der Waals surface area contributed by atoms with E-state index in [-0.39, 0.29) is 46.6 Å². The molecule has 4 heterocycles. The lowest BCUT2D eigenvalue weighted by atomic mass is 10.1. The number of aryl methyl sites for hydroxylation is 2. The normalized spacial score (nSPS) is 15.6. The van der Waals surface area contributed by atoms with Crippen LogP contribution in [-0.4, -0.2) is 61.1 Å². The number of anilines is 1. The van der Waals surface area contributed by atoms with E-state index in [2.05, 4.69) is 21.5 Å². The molecule has 3 aromatic heterocycles. The Kier molecular flexibility index (Phi) is 6.59. The molecule has 5 rings (SSSR count). The highest BCUT2D eigenvalue weighted by molar-refractivity contribution is 5.92. The van der Waals surface area contributed by atoms with E-state index in [1.165, 1.54) is 22.8 Å². The lowest BCUT2D eigenvalue weighted by molar-refractivity contribution is -0.126. The number of hydrogen-bond donors (Lipinski definition) is 1. The van der Waals surface area contributed by atoms with Crippen molar-refractivity contribution in [1.29, 1.82) is 0 Å². The fraction of sp³-hybridized carbons (Fsp3) is 0.250. The summed E-state index contributed by atoms with van der Waals surface area (Å²) < 4.78 is 32.1. The van der Waals surface area contributed by atoms with Crippen molar-refractivity contribution < 1.29 is 18.7 Å². The van der Waals surface area contributed by atoms with E-state index in [0.29, 0.717) is 29.9 Å². The number of carbonyl (C=O) groups is 1. The predicted molar refractivity (Wildman–Crippen MR) is 143 cm³/mol. The van der Waals surface area contributed by atoms with Gasteiger partial charge in [-0.05, 0) is 50.1 Å². The van der Waals surface area contributed by atoms with Gasteiger partial charge in [0.1, 0.15) is 23.2 Å². The number of fused-ring (bicyclic) bond motifs is 1. The van der Waals surface area contributed by atoms with Gasteiger partial charge in [0.05, 0.1) is 22.3 Å². The molecule has 1 aliphatic rings. The second kappa shape index (κ2) is 9.90. The molecule has 1 atom stereocenters. The standard InChI is InChI=1S/C28H26F2N6O3/c1-5-22(38)34-9-10-35(17(4)14-34)26-24-19(30)11-20(23-18(29)7-6-8-21(23)37)32-27(24)36(28(39)33-26)25-15(2)12-31-13-16(25)3/h5-8,11-13,17,37H,1,9-10,14H2,2-4H3/t17-/m0/s1. The van der Waals surface area contributed by atoms with Crippen LogP contribution in [0.4, 0.5) is 14.6 Å². The number of aromatic nitrogens is 4. The highest BCUT2D eigenvalue weighted by atomic mass is 19.1. The Hall–Kier alpha value is -4.67. The minimum Gasteiger partial charge on any atom is -0.507 e. The first-order valence-corrected chi connectivity index (χ1v) is 12.3. The molecule has 200 valence electrons. The molecule has 11 heteroatoms. The molecule has 39 heavy (non-hydrogen) atoms. The molecule has 0 unspecified atom stereocenters. The van der Waals surface area contributed by atoms with Crippen LogP contribution < -0.4 is 10.6 Å². The van der Waals surface area contributed by atoms with Crippen molar-refractivity contribution >= 4 is 22.8 Å². The van der Waals surface area contributed by atoms with Gasteiger partial charge in [0.25, 0.3) is 0 Å². The van der Waals surface area contributed by atoms with Gasteiger partial charge in [-0.25, -0.2) is 23.1 Å². The van der Waals surface area contributed by atoms with Crippen LogP contribution in [0.3, 0.4) is 0 Å². The number of pyridine rings is 2. The Morgan fingerprint density at radius 1 is 1.13 bits per heavy atom. The quantitative estimate of drug-likeness (QED) is 0.400. The van der Waals surface area contributed by atoms with Crippen LogP contribution in [0.1, 0.15) is 18.1 Å². The minimum atomic E-state index is -0.796. The maximum Gasteiger partial charge on any atom is 0.355 e. The van der Waals surface area contributed by atoms with Crippen molar-refractivity contribution in [3.63, 3.8) is 0 Å². The number of aromatic hydroxyl groups is 1. The number of halogens is 2. The van der Waals surface area contributed by atoms with Gasteiger partial charge in [-0.2, -0.15) is 4.98 Å². The first-order chi connectivity index (χ1) is 18.6. The van der Waals surface area contributed by atoms with Gasteiger partial charge in [0.2, 0.25) is 5.91 Å². The van der Waals surface area contributed by atoms with Crippen LogP contribution in [0.5, 0.6) is 5.75 Å². The molecule has 1 aromatic carbocycles. The van der Waals surface area contributed by atoms with E-state index >= 15 is 4.39 Å². The number of phenols is 1. The van der Waals surface area contributed by atoms with Crippen LogP contribution in [0.15, 0.2) is 54.1 Å². The highest BCUT2D eigenvalue weighted by Gasteiger charge is 2.31. The lowest BCUT2D eigenvalue weighted by Gasteiger charge is -2.40. The molecule has 0 spiro atoms. The van der Waals surface area contributed by atoms with Gasteiger partial charge in [-0.3, -0.25) is 9.78 Å². The Balaban J connectivity index is 1.81. The van der Waals surface area contributed by atoms with E-state index in [1.54, 1.807) is 36.0 Å². The second-order valence-electron chi connectivity index (χ2n) is 9.53. The number of rotatable bonds is 4. The fourth-order valence-electron chi connectivity index (χ4n) is 5.11. The molecule has 4 aromatic rings. The number of nitrogens with zero attached hydrogens (tertiary/aromatic N) is 6. The van der Waals surface area contributed by atoms with Gasteiger partial charge in [-0.1, -0.05) is 12.6 Å². The van der Waals surface area contributed by atoms with Crippen LogP contribution in [0, 0.1) is 25.5 Å². The van der Waals surface area contributed by atoms with Gasteiger partial charge in [0, 0.05) is 44.1 Å². The lowest BCUT2D eigenvalue weighted by Crippen LogP contribution is -2.54. The van der Waals surface area contributed by atoms with E-state index in [0.717, 1.165) is 12.1 Å². The fourth-order valence-corrected chi connectivity index (χ4v) is 5.11. The topological polar surface area (TPSA) is 104 Å². The summed E-state index contributed by atoms with van der Waals surface area (Å²) >= 11 is 0. The average molecular weight is 533 g/mol. The Labute approximate surface area is 222 Å². The molecule has 0 aliphatic carbocycles. The van der Waals surface area contributed by atoms with E-state index in [1.807, 2.05) is 6.92 Å². The Morgan fingerprint density at radius 3 is 2.49 bits per heavy atom. The number of benzene rings is 1. The minimum absolute atomic E-state index is 0.0415. The summed E-state index contributed by atoms with van der Waals surface area (Å²) in [6, 6.07) is 4.44. The number of piperazine rings is 1. The maximum atomic E-state index is 16.1. The number of hydrogen-bond acceptors (Lipinski definition) is 7. The van der Waals surface area contributed by atoms with E-state index < -0.39 is 23.1 Å². The Morgan fingerprint density at radius 2 is 1.85 bits per heavy atom. The van der Waals surface area contributed by atoms with Crippen molar-refractivity contribution in [2.24, 2.45) is 0 Å². The SMILES string of the molecule is C=CC(=O)N1CCN(c2nc(=O)n(-c3c(C)cncc3C)c3nc(-c4c(O)cccc4F)cc(F)c23)[C@@H](C)C1. The molecule has 1 saturated heterocycles. The van der Waals surface area contributed by atoms with Crippen molar-refractivity contribution in [3.8, 4) is 22.7 Å². The summed E-state index contributed by atoms with van der Waals surface area (Å²) in [5.74, 6) is -2.16. The number of amides is 1. The molecule has 1 aliphatic heterocycles. The zero-order chi connectivity index (χ0) is 28.0. The number of carbonyl (C=O) groups excluding carboxylic acids is 1. The molecular weight excluding hydrogens is 506 g/mol. The summed E-state index contributed by atoms with van der Waals surface area (Å²) in [7, 11) is 0. The highest BCUT2D eigenvalue weighted by Crippen LogP contribution is 2.36. The van der Waals surface area contributed by atoms with Crippen molar-refractivity contribution in [3.05, 3.63) is 82.6 Å². The molecule has 1 amide bonds. The summed E-state index contributed by atoms with van der Waals surface area (Å²) in [5.41, 5.74) is 0.405. The van der Waals surface area contributed by atoms with Crippen molar-refractivity contribution in [2.45, 2.75) is 26.8 Å². The molecule has 1 fully saturated rings. The first kappa shape index (κ1) is 26.0. The van der Waals surface area contributed by atoms with Gasteiger partial charge in [-0.15, -0.1) is 0 Å². The molecule has 9 nitrogen and oxygen atoms in total. The third kappa shape index (κ3) is 4.39. The monoisotopic (exact) mass is 532 g/mol. The first-order valence-electron chi connectivity index (χ1n) is 12.3. The second-order valence-corrected chi connectivity index (χ2v) is 9.53.